The molecule has 2 rings (SSSR count). The first kappa shape index (κ1) is 20.0. The summed E-state index contributed by atoms with van der Waals surface area (Å²) in [5.74, 6) is -3.76. The standard InChI is InChI=1S/C19H18F2N2O4/c1-11(22-17(24)8-12-6-14(20)10-15(21)7-12)19(27)23-16-5-3-2-4-13(16)9-18(25)26/h2-7,10-11H,8-9H2,1H3,(H,22,24)(H,23,27)(H,25,26)/t11-/m0/s1. The number of para-hydroxylation sites is 1. The summed E-state index contributed by atoms with van der Waals surface area (Å²) in [6.07, 6.45) is -0.551. The minimum atomic E-state index is -1.04. The zero-order chi connectivity index (χ0) is 20.0. The summed E-state index contributed by atoms with van der Waals surface area (Å²) < 4.78 is 26.3. The third-order valence-electron chi connectivity index (χ3n) is 3.67. The van der Waals surface area contributed by atoms with Crippen LogP contribution in [0.3, 0.4) is 0 Å². The zero-order valence-electron chi connectivity index (χ0n) is 14.5. The van der Waals surface area contributed by atoms with Crippen LogP contribution < -0.4 is 10.6 Å². The average molecular weight is 376 g/mol. The molecule has 27 heavy (non-hydrogen) atoms. The molecule has 0 aliphatic rings. The lowest BCUT2D eigenvalue weighted by atomic mass is 10.1. The number of carboxylic acid groups (broad SMARTS) is 1. The van der Waals surface area contributed by atoms with E-state index in [2.05, 4.69) is 10.6 Å². The van der Waals surface area contributed by atoms with Crippen LogP contribution in [-0.4, -0.2) is 28.9 Å². The molecule has 0 spiro atoms. The van der Waals surface area contributed by atoms with Crippen molar-refractivity contribution >= 4 is 23.5 Å². The smallest absolute Gasteiger partial charge is 0.307 e. The van der Waals surface area contributed by atoms with Crippen LogP contribution in [0.2, 0.25) is 0 Å². The molecule has 0 aromatic heterocycles. The van der Waals surface area contributed by atoms with Crippen molar-refractivity contribution in [3.63, 3.8) is 0 Å². The Morgan fingerprint density at radius 2 is 1.67 bits per heavy atom. The molecule has 142 valence electrons. The molecule has 0 aliphatic heterocycles. The van der Waals surface area contributed by atoms with E-state index in [1.165, 1.54) is 6.92 Å². The molecule has 3 N–H and O–H groups in total. The highest BCUT2D eigenvalue weighted by atomic mass is 19.1. The molecule has 0 radical (unpaired) electrons. The van der Waals surface area contributed by atoms with Crippen LogP contribution in [0.5, 0.6) is 0 Å². The summed E-state index contributed by atoms with van der Waals surface area (Å²) in [5.41, 5.74) is 0.898. The molecular weight excluding hydrogens is 358 g/mol. The maximum absolute atomic E-state index is 13.2. The van der Waals surface area contributed by atoms with Crippen LogP contribution >= 0.6 is 0 Å². The molecule has 2 aromatic carbocycles. The molecule has 0 saturated carbocycles. The molecule has 0 aliphatic carbocycles. The first-order valence-corrected chi connectivity index (χ1v) is 8.09. The highest BCUT2D eigenvalue weighted by Gasteiger charge is 2.18. The van der Waals surface area contributed by atoms with Crippen LogP contribution in [0.15, 0.2) is 42.5 Å². The third-order valence-corrected chi connectivity index (χ3v) is 3.67. The maximum atomic E-state index is 13.2. The summed E-state index contributed by atoms with van der Waals surface area (Å²) in [4.78, 5) is 35.1. The average Bonchev–Trinajstić information content (AvgIpc) is 2.54. The van der Waals surface area contributed by atoms with Crippen molar-refractivity contribution in [1.29, 1.82) is 0 Å². The second kappa shape index (κ2) is 8.88. The number of carbonyl (C=O) groups is 3. The van der Waals surface area contributed by atoms with Crippen LogP contribution in [0, 0.1) is 11.6 Å². The molecule has 0 fully saturated rings. The Morgan fingerprint density at radius 3 is 2.30 bits per heavy atom. The second-order valence-corrected chi connectivity index (χ2v) is 5.96. The van der Waals surface area contributed by atoms with Gasteiger partial charge in [0.15, 0.2) is 0 Å². The van der Waals surface area contributed by atoms with Gasteiger partial charge in [-0.3, -0.25) is 14.4 Å². The highest BCUT2D eigenvalue weighted by Crippen LogP contribution is 2.16. The van der Waals surface area contributed by atoms with Crippen molar-refractivity contribution in [2.45, 2.75) is 25.8 Å². The fraction of sp³-hybridized carbons (Fsp3) is 0.211. The van der Waals surface area contributed by atoms with E-state index >= 15 is 0 Å². The Morgan fingerprint density at radius 1 is 1.04 bits per heavy atom. The molecule has 2 aromatic rings. The topological polar surface area (TPSA) is 95.5 Å². The number of hydrogen-bond acceptors (Lipinski definition) is 3. The van der Waals surface area contributed by atoms with Crippen LogP contribution in [0.1, 0.15) is 18.1 Å². The molecular formula is C19H18F2N2O4. The van der Waals surface area contributed by atoms with Gasteiger partial charge in [0.1, 0.15) is 17.7 Å². The summed E-state index contributed by atoms with van der Waals surface area (Å²) in [6.45, 7) is 1.44. The van der Waals surface area contributed by atoms with E-state index in [1.807, 2.05) is 0 Å². The van der Waals surface area contributed by atoms with E-state index < -0.39 is 35.5 Å². The predicted octanol–water partition coefficient (Wildman–Crippen LogP) is 2.28. The number of carbonyl (C=O) groups excluding carboxylic acids is 2. The fourth-order valence-corrected chi connectivity index (χ4v) is 2.46. The SMILES string of the molecule is C[C@H](NC(=O)Cc1cc(F)cc(F)c1)C(=O)Nc1ccccc1CC(=O)O. The molecule has 1 atom stereocenters. The van der Waals surface area contributed by atoms with E-state index in [-0.39, 0.29) is 18.4 Å². The number of halogens is 2. The fourth-order valence-electron chi connectivity index (χ4n) is 2.46. The summed E-state index contributed by atoms with van der Waals surface area (Å²) in [7, 11) is 0. The van der Waals surface area contributed by atoms with E-state index in [0.29, 0.717) is 17.3 Å². The maximum Gasteiger partial charge on any atom is 0.307 e. The Balaban J connectivity index is 1.97. The van der Waals surface area contributed by atoms with Crippen LogP contribution in [-0.2, 0) is 27.2 Å². The van der Waals surface area contributed by atoms with Crippen molar-refractivity contribution < 1.29 is 28.3 Å². The second-order valence-electron chi connectivity index (χ2n) is 5.96. The quantitative estimate of drug-likeness (QED) is 0.691. The van der Waals surface area contributed by atoms with Gasteiger partial charge in [-0.25, -0.2) is 8.78 Å². The van der Waals surface area contributed by atoms with Gasteiger partial charge < -0.3 is 15.7 Å². The first-order chi connectivity index (χ1) is 12.7. The van der Waals surface area contributed by atoms with Gasteiger partial charge in [0.05, 0.1) is 12.8 Å². The van der Waals surface area contributed by atoms with Gasteiger partial charge in [0.2, 0.25) is 11.8 Å². The number of nitrogens with one attached hydrogen (secondary N) is 2. The lowest BCUT2D eigenvalue weighted by Gasteiger charge is -2.16. The first-order valence-electron chi connectivity index (χ1n) is 8.09. The lowest BCUT2D eigenvalue weighted by molar-refractivity contribution is -0.136. The molecule has 6 nitrogen and oxygen atoms in total. The Bertz CT molecular complexity index is 850. The van der Waals surface area contributed by atoms with Gasteiger partial charge in [-0.2, -0.15) is 0 Å². The van der Waals surface area contributed by atoms with Gasteiger partial charge >= 0.3 is 5.97 Å². The van der Waals surface area contributed by atoms with Gasteiger partial charge in [0.25, 0.3) is 0 Å². The molecule has 2 amide bonds. The number of aliphatic carboxylic acids is 1. The molecule has 0 unspecified atom stereocenters. The summed E-state index contributed by atoms with van der Waals surface area (Å²) in [5, 5.41) is 13.9. The third kappa shape index (κ3) is 6.18. The van der Waals surface area contributed by atoms with E-state index in [9.17, 15) is 23.2 Å². The number of benzene rings is 2. The van der Waals surface area contributed by atoms with Gasteiger partial charge in [-0.05, 0) is 36.2 Å². The van der Waals surface area contributed by atoms with Crippen LogP contribution in [0.25, 0.3) is 0 Å². The van der Waals surface area contributed by atoms with E-state index in [4.69, 9.17) is 5.11 Å². The van der Waals surface area contributed by atoms with Gasteiger partial charge in [-0.15, -0.1) is 0 Å². The largest absolute Gasteiger partial charge is 0.481 e. The molecule has 8 heteroatoms. The van der Waals surface area contributed by atoms with Crippen molar-refractivity contribution in [2.24, 2.45) is 0 Å². The van der Waals surface area contributed by atoms with Crippen molar-refractivity contribution in [2.75, 3.05) is 5.32 Å². The van der Waals surface area contributed by atoms with E-state index in [0.717, 1.165) is 12.1 Å². The monoisotopic (exact) mass is 376 g/mol. The summed E-state index contributed by atoms with van der Waals surface area (Å²) in [6, 6.07) is 8.26. The number of carboxylic acids is 1. The predicted molar refractivity (Wildman–Crippen MR) is 94.1 cm³/mol. The Kier molecular flexibility index (Phi) is 6.59. The molecule has 0 bridgehead atoms. The number of amides is 2. The number of hydrogen-bond donors (Lipinski definition) is 3. The van der Waals surface area contributed by atoms with Gasteiger partial charge in [0, 0.05) is 11.8 Å². The van der Waals surface area contributed by atoms with Crippen molar-refractivity contribution in [3.8, 4) is 0 Å². The molecule has 0 heterocycles. The molecule has 0 saturated heterocycles. The highest BCUT2D eigenvalue weighted by molar-refractivity contribution is 5.98. The number of rotatable bonds is 7. The Hall–Kier alpha value is -3.29. The van der Waals surface area contributed by atoms with Crippen molar-refractivity contribution in [3.05, 3.63) is 65.2 Å². The number of anilines is 1. The Labute approximate surface area is 154 Å². The summed E-state index contributed by atoms with van der Waals surface area (Å²) >= 11 is 0. The van der Waals surface area contributed by atoms with E-state index in [1.54, 1.807) is 24.3 Å². The lowest BCUT2D eigenvalue weighted by Crippen LogP contribution is -2.42. The normalized spacial score (nSPS) is 11.5. The zero-order valence-corrected chi connectivity index (χ0v) is 14.5. The van der Waals surface area contributed by atoms with Crippen LogP contribution in [0.4, 0.5) is 14.5 Å². The minimum Gasteiger partial charge on any atom is -0.481 e. The van der Waals surface area contributed by atoms with Gasteiger partial charge in [-0.1, -0.05) is 18.2 Å². The minimum absolute atomic E-state index is 0.143. The van der Waals surface area contributed by atoms with Crippen molar-refractivity contribution in [1.82, 2.24) is 5.32 Å².